The van der Waals surface area contributed by atoms with Crippen molar-refractivity contribution >= 4 is 17.4 Å². The third-order valence-electron chi connectivity index (χ3n) is 4.25. The number of amides is 1. The summed E-state index contributed by atoms with van der Waals surface area (Å²) in [5, 5.41) is 2.92. The molecule has 0 unspecified atom stereocenters. The second-order valence-electron chi connectivity index (χ2n) is 6.11. The molecule has 2 aromatic rings. The normalized spacial score (nSPS) is 14.1. The van der Waals surface area contributed by atoms with Gasteiger partial charge in [-0.05, 0) is 56.9 Å². The van der Waals surface area contributed by atoms with E-state index < -0.39 is 0 Å². The third kappa shape index (κ3) is 3.50. The van der Waals surface area contributed by atoms with Crippen LogP contribution in [0.15, 0.2) is 24.3 Å². The molecule has 120 valence electrons. The van der Waals surface area contributed by atoms with E-state index in [4.69, 9.17) is 0 Å². The van der Waals surface area contributed by atoms with Gasteiger partial charge in [-0.3, -0.25) is 4.79 Å². The average molecular weight is 310 g/mol. The molecule has 0 spiro atoms. The second kappa shape index (κ2) is 6.36. The molecule has 0 saturated carbocycles. The molecule has 1 aromatic heterocycles. The predicted octanol–water partition coefficient (Wildman–Crippen LogP) is 3.25. The number of anilines is 2. The third-order valence-corrected chi connectivity index (χ3v) is 4.25. The summed E-state index contributed by atoms with van der Waals surface area (Å²) >= 11 is 0. The Morgan fingerprint density at radius 2 is 1.78 bits per heavy atom. The molecule has 1 aliphatic heterocycles. The summed E-state index contributed by atoms with van der Waals surface area (Å²) in [6.45, 7) is 7.90. The standard InChI is InChI=1S/C18H22N4O/c1-12-6-7-15(10-13(12)2)21-18(23)16-11-17(20-14(3)19-16)22-8-4-5-9-22/h6-7,10-11H,4-5,8-9H2,1-3H3,(H,21,23). The van der Waals surface area contributed by atoms with Gasteiger partial charge in [0.05, 0.1) is 0 Å². The number of carbonyl (C=O) groups is 1. The summed E-state index contributed by atoms with van der Waals surface area (Å²) in [6, 6.07) is 7.68. The molecular weight excluding hydrogens is 288 g/mol. The van der Waals surface area contributed by atoms with Crippen LogP contribution in [0, 0.1) is 20.8 Å². The Balaban J connectivity index is 1.82. The van der Waals surface area contributed by atoms with Crippen molar-refractivity contribution in [2.75, 3.05) is 23.3 Å². The van der Waals surface area contributed by atoms with Gasteiger partial charge >= 0.3 is 0 Å². The molecule has 1 aromatic carbocycles. The highest BCUT2D eigenvalue weighted by atomic mass is 16.1. The molecule has 1 aliphatic rings. The molecule has 3 rings (SSSR count). The van der Waals surface area contributed by atoms with Crippen LogP contribution in [-0.2, 0) is 0 Å². The van der Waals surface area contributed by atoms with E-state index in [1.165, 1.54) is 18.4 Å². The number of hydrogen-bond donors (Lipinski definition) is 1. The first-order chi connectivity index (χ1) is 11.0. The van der Waals surface area contributed by atoms with Crippen molar-refractivity contribution in [3.63, 3.8) is 0 Å². The van der Waals surface area contributed by atoms with Crippen LogP contribution in [0.1, 0.15) is 40.3 Å². The topological polar surface area (TPSA) is 58.1 Å². The predicted molar refractivity (Wildman–Crippen MR) is 92.1 cm³/mol. The van der Waals surface area contributed by atoms with Crippen molar-refractivity contribution < 1.29 is 4.79 Å². The lowest BCUT2D eigenvalue weighted by molar-refractivity contribution is 0.102. The Morgan fingerprint density at radius 1 is 1.04 bits per heavy atom. The minimum atomic E-state index is -0.195. The monoisotopic (exact) mass is 310 g/mol. The number of rotatable bonds is 3. The fourth-order valence-corrected chi connectivity index (χ4v) is 2.79. The molecule has 1 saturated heterocycles. The van der Waals surface area contributed by atoms with Crippen LogP contribution in [0.3, 0.4) is 0 Å². The van der Waals surface area contributed by atoms with Crippen LogP contribution in [-0.4, -0.2) is 29.0 Å². The summed E-state index contributed by atoms with van der Waals surface area (Å²) in [4.78, 5) is 23.5. The minimum absolute atomic E-state index is 0.195. The van der Waals surface area contributed by atoms with Crippen molar-refractivity contribution in [3.05, 3.63) is 46.9 Å². The Bertz CT molecular complexity index is 736. The summed E-state index contributed by atoms with van der Waals surface area (Å²) < 4.78 is 0. The van der Waals surface area contributed by atoms with E-state index in [1.807, 2.05) is 32.0 Å². The molecular formula is C18H22N4O. The van der Waals surface area contributed by atoms with Gasteiger partial charge in [0.2, 0.25) is 0 Å². The maximum absolute atomic E-state index is 12.5. The number of aryl methyl sites for hydroxylation is 3. The minimum Gasteiger partial charge on any atom is -0.356 e. The van der Waals surface area contributed by atoms with E-state index in [1.54, 1.807) is 6.07 Å². The lowest BCUT2D eigenvalue weighted by atomic mass is 10.1. The number of aromatic nitrogens is 2. The van der Waals surface area contributed by atoms with Gasteiger partial charge in [0.25, 0.3) is 5.91 Å². The van der Waals surface area contributed by atoms with Crippen LogP contribution in [0.5, 0.6) is 0 Å². The van der Waals surface area contributed by atoms with Gasteiger partial charge < -0.3 is 10.2 Å². The molecule has 2 heterocycles. The largest absolute Gasteiger partial charge is 0.356 e. The van der Waals surface area contributed by atoms with E-state index >= 15 is 0 Å². The highest BCUT2D eigenvalue weighted by Gasteiger charge is 2.17. The van der Waals surface area contributed by atoms with Gasteiger partial charge in [0.1, 0.15) is 17.3 Å². The average Bonchev–Trinajstić information content (AvgIpc) is 3.05. The molecule has 0 radical (unpaired) electrons. The maximum atomic E-state index is 12.5. The van der Waals surface area contributed by atoms with Crippen molar-refractivity contribution in [2.45, 2.75) is 33.6 Å². The summed E-state index contributed by atoms with van der Waals surface area (Å²) in [5.74, 6) is 1.28. The highest BCUT2D eigenvalue weighted by Crippen LogP contribution is 2.20. The number of nitrogens with one attached hydrogen (secondary N) is 1. The molecule has 5 heteroatoms. The molecule has 1 N–H and O–H groups in total. The molecule has 1 fully saturated rings. The first kappa shape index (κ1) is 15.5. The van der Waals surface area contributed by atoms with Crippen molar-refractivity contribution in [1.82, 2.24) is 9.97 Å². The molecule has 1 amide bonds. The van der Waals surface area contributed by atoms with Gasteiger partial charge in [-0.2, -0.15) is 0 Å². The fourth-order valence-electron chi connectivity index (χ4n) is 2.79. The summed E-state index contributed by atoms with van der Waals surface area (Å²) in [5.41, 5.74) is 3.56. The van der Waals surface area contributed by atoms with Crippen LogP contribution in [0.2, 0.25) is 0 Å². The van der Waals surface area contributed by atoms with E-state index in [9.17, 15) is 4.79 Å². The van der Waals surface area contributed by atoms with E-state index in [2.05, 4.69) is 27.1 Å². The number of benzene rings is 1. The zero-order valence-corrected chi connectivity index (χ0v) is 13.9. The van der Waals surface area contributed by atoms with E-state index in [0.29, 0.717) is 11.5 Å². The van der Waals surface area contributed by atoms with E-state index in [-0.39, 0.29) is 5.91 Å². The fraction of sp³-hybridized carbons (Fsp3) is 0.389. The number of hydrogen-bond acceptors (Lipinski definition) is 4. The summed E-state index contributed by atoms with van der Waals surface area (Å²) in [7, 11) is 0. The quantitative estimate of drug-likeness (QED) is 0.945. The van der Waals surface area contributed by atoms with Gasteiger partial charge in [-0.15, -0.1) is 0 Å². The Morgan fingerprint density at radius 3 is 2.48 bits per heavy atom. The smallest absolute Gasteiger partial charge is 0.274 e. The van der Waals surface area contributed by atoms with Gasteiger partial charge in [-0.1, -0.05) is 6.07 Å². The van der Waals surface area contributed by atoms with Crippen LogP contribution < -0.4 is 10.2 Å². The maximum Gasteiger partial charge on any atom is 0.274 e. The Labute approximate surface area is 136 Å². The zero-order valence-electron chi connectivity index (χ0n) is 13.9. The SMILES string of the molecule is Cc1nc(C(=O)Nc2ccc(C)c(C)c2)cc(N2CCCC2)n1. The molecule has 0 aliphatic carbocycles. The number of nitrogens with zero attached hydrogens (tertiary/aromatic N) is 3. The lowest BCUT2D eigenvalue weighted by Crippen LogP contribution is -2.22. The molecule has 23 heavy (non-hydrogen) atoms. The van der Waals surface area contributed by atoms with Crippen molar-refractivity contribution in [1.29, 1.82) is 0 Å². The molecule has 0 atom stereocenters. The van der Waals surface area contributed by atoms with Gasteiger partial charge in [-0.25, -0.2) is 9.97 Å². The van der Waals surface area contributed by atoms with Crippen LogP contribution in [0.4, 0.5) is 11.5 Å². The Kier molecular flexibility index (Phi) is 4.28. The van der Waals surface area contributed by atoms with Crippen molar-refractivity contribution in [2.24, 2.45) is 0 Å². The highest BCUT2D eigenvalue weighted by molar-refractivity contribution is 6.03. The van der Waals surface area contributed by atoms with Gasteiger partial charge in [0.15, 0.2) is 0 Å². The van der Waals surface area contributed by atoms with Gasteiger partial charge in [0, 0.05) is 24.8 Å². The lowest BCUT2D eigenvalue weighted by Gasteiger charge is -2.17. The first-order valence-corrected chi connectivity index (χ1v) is 8.02. The second-order valence-corrected chi connectivity index (χ2v) is 6.11. The first-order valence-electron chi connectivity index (χ1n) is 8.02. The summed E-state index contributed by atoms with van der Waals surface area (Å²) in [6.07, 6.45) is 2.35. The van der Waals surface area contributed by atoms with Crippen LogP contribution in [0.25, 0.3) is 0 Å². The van der Waals surface area contributed by atoms with E-state index in [0.717, 1.165) is 30.2 Å². The van der Waals surface area contributed by atoms with Crippen LogP contribution >= 0.6 is 0 Å². The zero-order chi connectivity index (χ0) is 16.4. The number of carbonyl (C=O) groups excluding carboxylic acids is 1. The molecule has 5 nitrogen and oxygen atoms in total. The Hall–Kier alpha value is -2.43. The molecule has 0 bridgehead atoms. The van der Waals surface area contributed by atoms with Crippen molar-refractivity contribution in [3.8, 4) is 0 Å².